The van der Waals surface area contributed by atoms with E-state index in [0.717, 1.165) is 25.9 Å². The maximum atomic E-state index is 2.51. The van der Waals surface area contributed by atoms with E-state index in [1.807, 2.05) is 0 Å². The van der Waals surface area contributed by atoms with Crippen LogP contribution < -0.4 is 9.80 Å². The highest BCUT2D eigenvalue weighted by atomic mass is 15.1. The molecule has 0 radical (unpaired) electrons. The molecular weight excluding hydrogens is 701 g/mol. The Morgan fingerprint density at radius 3 is 1.09 bits per heavy atom. The molecule has 2 heteroatoms. The summed E-state index contributed by atoms with van der Waals surface area (Å²) in [7, 11) is 0. The molecule has 0 unspecified atom stereocenters. The zero-order valence-electron chi connectivity index (χ0n) is 32.5. The second-order valence-corrected chi connectivity index (χ2v) is 15.3. The van der Waals surface area contributed by atoms with Crippen LogP contribution in [0.1, 0.15) is 33.4 Å². The van der Waals surface area contributed by atoms with Gasteiger partial charge in [-0.05, 0) is 103 Å². The van der Waals surface area contributed by atoms with Crippen LogP contribution in [0.5, 0.6) is 0 Å². The second-order valence-electron chi connectivity index (χ2n) is 15.3. The fourth-order valence-corrected chi connectivity index (χ4v) is 8.71. The van der Waals surface area contributed by atoms with Crippen molar-refractivity contribution >= 4 is 23.5 Å². The molecule has 2 aliphatic carbocycles. The fourth-order valence-electron chi connectivity index (χ4n) is 8.71. The van der Waals surface area contributed by atoms with Crippen molar-refractivity contribution in [1.29, 1.82) is 0 Å². The molecule has 0 aliphatic heterocycles. The molecule has 278 valence electrons. The molecule has 2 aliphatic rings. The number of fused-ring (bicyclic) bond motifs is 2. The van der Waals surface area contributed by atoms with Gasteiger partial charge in [-0.1, -0.05) is 182 Å². The second kappa shape index (κ2) is 15.8. The molecule has 8 aromatic carbocycles. The Bertz CT molecular complexity index is 2570. The predicted molar refractivity (Wildman–Crippen MR) is 244 cm³/mol. The van der Waals surface area contributed by atoms with E-state index in [1.54, 1.807) is 0 Å². The molecule has 0 atom stereocenters. The van der Waals surface area contributed by atoms with Crippen LogP contribution in [-0.2, 0) is 25.9 Å². The van der Waals surface area contributed by atoms with Crippen molar-refractivity contribution < 1.29 is 0 Å². The quantitative estimate of drug-likeness (QED) is 0.130. The Balaban J connectivity index is 0.958. The number of hydrogen-bond donors (Lipinski definition) is 0. The van der Waals surface area contributed by atoms with Gasteiger partial charge in [-0.2, -0.15) is 0 Å². The highest BCUT2D eigenvalue weighted by Crippen LogP contribution is 2.37. The average molecular weight is 745 g/mol. The van der Waals surface area contributed by atoms with Crippen LogP contribution in [0.2, 0.25) is 0 Å². The maximum absolute atomic E-state index is 2.51. The summed E-state index contributed by atoms with van der Waals surface area (Å²) in [6, 6.07) is 75.1. The molecule has 0 saturated heterocycles. The zero-order valence-corrected chi connectivity index (χ0v) is 32.5. The highest BCUT2D eigenvalue weighted by Gasteiger charge is 2.23. The lowest BCUT2D eigenvalue weighted by molar-refractivity contribution is 0.893. The minimum atomic E-state index is 0.780. The van der Waals surface area contributed by atoms with Gasteiger partial charge in [0.25, 0.3) is 0 Å². The molecule has 10 rings (SSSR count). The number of allylic oxidation sites excluding steroid dienone is 2. The molecule has 58 heavy (non-hydrogen) atoms. The Morgan fingerprint density at radius 1 is 0.310 bits per heavy atom. The van der Waals surface area contributed by atoms with Gasteiger partial charge in [-0.15, -0.1) is 0 Å². The molecule has 0 amide bonds. The largest absolute Gasteiger partial charge is 0.340 e. The number of nitrogens with zero attached hydrogens (tertiary/aromatic N) is 2. The lowest BCUT2D eigenvalue weighted by Gasteiger charge is -2.28. The summed E-state index contributed by atoms with van der Waals surface area (Å²) in [6.07, 6.45) is 6.58. The first-order valence-corrected chi connectivity index (χ1v) is 20.3. The molecule has 0 saturated carbocycles. The lowest BCUT2D eigenvalue weighted by Crippen LogP contribution is -2.22. The van der Waals surface area contributed by atoms with E-state index in [2.05, 4.69) is 228 Å². The van der Waals surface area contributed by atoms with Crippen molar-refractivity contribution in [3.8, 4) is 33.4 Å². The van der Waals surface area contributed by atoms with E-state index in [9.17, 15) is 0 Å². The molecule has 0 heterocycles. The first-order valence-electron chi connectivity index (χ1n) is 20.3. The minimum absolute atomic E-state index is 0.780. The SMILES string of the molecule is C1=C(N(Cc2ccccc2-c2ccccc2)c2ccc(-c3ccc(N(Cc4ccccc4-c4ccccc4)C4=Cc5ccccc5C4)cc3)cc2)Cc2ccccc21. The molecule has 0 bridgehead atoms. The van der Waals surface area contributed by atoms with E-state index in [-0.39, 0.29) is 0 Å². The van der Waals surface area contributed by atoms with Gasteiger partial charge in [0.1, 0.15) is 0 Å². The summed E-state index contributed by atoms with van der Waals surface area (Å²) in [4.78, 5) is 5.01. The van der Waals surface area contributed by atoms with E-state index in [1.165, 1.54) is 89.5 Å². The molecule has 0 N–H and O–H groups in total. The van der Waals surface area contributed by atoms with Crippen LogP contribution in [0, 0.1) is 0 Å². The van der Waals surface area contributed by atoms with Crippen molar-refractivity contribution in [2.75, 3.05) is 9.80 Å². The van der Waals surface area contributed by atoms with Gasteiger partial charge in [-0.25, -0.2) is 0 Å². The van der Waals surface area contributed by atoms with Gasteiger partial charge in [0.05, 0.1) is 0 Å². The number of rotatable bonds is 11. The van der Waals surface area contributed by atoms with Gasteiger partial charge in [0.2, 0.25) is 0 Å². The molecular formula is C56H44N2. The van der Waals surface area contributed by atoms with Gasteiger partial charge in [0, 0.05) is 48.7 Å². The van der Waals surface area contributed by atoms with Crippen molar-refractivity contribution in [2.24, 2.45) is 0 Å². The first kappa shape index (κ1) is 35.3. The van der Waals surface area contributed by atoms with Crippen LogP contribution in [0.3, 0.4) is 0 Å². The topological polar surface area (TPSA) is 6.48 Å². The Kier molecular flexibility index (Phi) is 9.59. The number of anilines is 2. The smallest absolute Gasteiger partial charge is 0.0484 e. The lowest BCUT2D eigenvalue weighted by atomic mass is 9.98. The highest BCUT2D eigenvalue weighted by molar-refractivity contribution is 5.76. The molecule has 0 fully saturated rings. The standard InChI is InChI=1S/C56H44N2/c1-3-15-43(16-4-1)55-25-13-11-23-49(55)39-57(53-35-45-19-7-8-20-46(45)36-53)51-31-27-41(28-32-51)42-29-33-52(34-30-42)58(54-37-47-21-9-10-22-48(47)38-54)40-50-24-12-14-26-56(50)44-17-5-2-6-18-44/h1-35,37H,36,38-40H2. The van der Waals surface area contributed by atoms with Gasteiger partial charge in [0.15, 0.2) is 0 Å². The van der Waals surface area contributed by atoms with Crippen LogP contribution in [0.4, 0.5) is 11.4 Å². The summed E-state index contributed by atoms with van der Waals surface area (Å²) in [5.74, 6) is 0. The van der Waals surface area contributed by atoms with Crippen LogP contribution in [0.15, 0.2) is 218 Å². The summed E-state index contributed by atoms with van der Waals surface area (Å²) in [5.41, 5.74) is 20.5. The minimum Gasteiger partial charge on any atom is -0.340 e. The predicted octanol–water partition coefficient (Wildman–Crippen LogP) is 13.9. The molecule has 2 nitrogen and oxygen atoms in total. The van der Waals surface area contributed by atoms with Crippen LogP contribution in [0.25, 0.3) is 45.5 Å². The molecule has 0 aromatic heterocycles. The third kappa shape index (κ3) is 7.17. The monoisotopic (exact) mass is 744 g/mol. The molecule has 8 aromatic rings. The molecule has 0 spiro atoms. The fraction of sp³-hybridized carbons (Fsp3) is 0.0714. The first-order chi connectivity index (χ1) is 28.7. The van der Waals surface area contributed by atoms with E-state index in [0.29, 0.717) is 0 Å². The Labute approximate surface area is 342 Å². The van der Waals surface area contributed by atoms with E-state index in [4.69, 9.17) is 0 Å². The van der Waals surface area contributed by atoms with E-state index < -0.39 is 0 Å². The van der Waals surface area contributed by atoms with Crippen LogP contribution >= 0.6 is 0 Å². The Morgan fingerprint density at radius 2 is 0.672 bits per heavy atom. The van der Waals surface area contributed by atoms with E-state index >= 15 is 0 Å². The summed E-state index contributed by atoms with van der Waals surface area (Å²) in [5, 5.41) is 0. The zero-order chi connectivity index (χ0) is 38.7. The van der Waals surface area contributed by atoms with Gasteiger partial charge < -0.3 is 9.80 Å². The summed E-state index contributed by atoms with van der Waals surface area (Å²) < 4.78 is 0. The van der Waals surface area contributed by atoms with Gasteiger partial charge in [-0.3, -0.25) is 0 Å². The third-order valence-electron chi connectivity index (χ3n) is 11.7. The third-order valence-corrected chi connectivity index (χ3v) is 11.7. The number of hydrogen-bond acceptors (Lipinski definition) is 2. The normalized spacial score (nSPS) is 12.7. The maximum Gasteiger partial charge on any atom is 0.0484 e. The van der Waals surface area contributed by atoms with Crippen molar-refractivity contribution in [3.05, 3.63) is 251 Å². The summed E-state index contributed by atoms with van der Waals surface area (Å²) >= 11 is 0. The Hall–Kier alpha value is -7.16. The number of benzene rings is 8. The van der Waals surface area contributed by atoms with Gasteiger partial charge >= 0.3 is 0 Å². The summed E-state index contributed by atoms with van der Waals surface area (Å²) in [6.45, 7) is 1.56. The van der Waals surface area contributed by atoms with Crippen molar-refractivity contribution in [2.45, 2.75) is 25.9 Å². The average Bonchev–Trinajstić information content (AvgIpc) is 3.93. The van der Waals surface area contributed by atoms with Crippen LogP contribution in [-0.4, -0.2) is 0 Å². The van der Waals surface area contributed by atoms with Crippen molar-refractivity contribution in [3.63, 3.8) is 0 Å². The van der Waals surface area contributed by atoms with Crippen molar-refractivity contribution in [1.82, 2.24) is 0 Å².